The number of esters is 1. The first-order valence-corrected chi connectivity index (χ1v) is 13.2. The Kier molecular flexibility index (Phi) is 10.5. The molecule has 1 aromatic heterocycles. The number of fused-ring (bicyclic) bond motifs is 12. The number of ether oxygens (including phenoxy) is 4. The predicted molar refractivity (Wildman–Crippen MR) is 143 cm³/mol. The number of aromatic nitrogens is 3. The topological polar surface area (TPSA) is 117 Å². The molecule has 13 heteroatoms. The number of benzene rings is 2. The Labute approximate surface area is 235 Å². The largest absolute Gasteiger partial charge is 0.494 e. The second-order valence-electron chi connectivity index (χ2n) is 9.27. The fourth-order valence-electron chi connectivity index (χ4n) is 3.96. The zero-order chi connectivity index (χ0) is 29.1. The van der Waals surface area contributed by atoms with Crippen molar-refractivity contribution in [2.24, 2.45) is 0 Å². The highest BCUT2D eigenvalue weighted by atomic mass is 19.4. The van der Waals surface area contributed by atoms with Crippen molar-refractivity contribution in [3.63, 3.8) is 0 Å². The summed E-state index contributed by atoms with van der Waals surface area (Å²) in [6, 6.07) is 11.9. The summed E-state index contributed by atoms with van der Waals surface area (Å²) in [7, 11) is 1.29. The highest BCUT2D eigenvalue weighted by molar-refractivity contribution is 5.92. The molecule has 0 radical (unpaired) electrons. The van der Waals surface area contributed by atoms with Crippen molar-refractivity contribution in [2.45, 2.75) is 38.4 Å². The molecular weight excluding hydrogens is 543 g/mol. The Bertz CT molecular complexity index is 1290. The molecule has 2 aromatic carbocycles. The number of carbonyl (C=O) groups is 1. The number of carbonyl (C=O) groups excluding carboxylic acids is 1. The van der Waals surface area contributed by atoms with Crippen molar-refractivity contribution in [1.29, 1.82) is 0 Å². The van der Waals surface area contributed by atoms with E-state index in [9.17, 15) is 18.0 Å². The Hall–Kier alpha value is -4.13. The van der Waals surface area contributed by atoms with Crippen molar-refractivity contribution in [3.05, 3.63) is 65.0 Å². The fourth-order valence-corrected chi connectivity index (χ4v) is 3.96. The number of hydrogen-bond acceptors (Lipinski definition) is 10. The predicted octanol–water partition coefficient (Wildman–Crippen LogP) is 4.33. The maximum atomic E-state index is 12.8. The maximum absolute atomic E-state index is 12.8. The number of methoxy groups -OCH3 is 1. The van der Waals surface area contributed by atoms with Crippen LogP contribution in [0, 0.1) is 0 Å². The van der Waals surface area contributed by atoms with Gasteiger partial charge in [0.25, 0.3) is 0 Å². The van der Waals surface area contributed by atoms with Crippen molar-refractivity contribution >= 4 is 11.9 Å². The lowest BCUT2D eigenvalue weighted by Gasteiger charge is -2.13. The van der Waals surface area contributed by atoms with E-state index < -0.39 is 24.8 Å². The summed E-state index contributed by atoms with van der Waals surface area (Å²) in [4.78, 5) is 24.8. The van der Waals surface area contributed by atoms with E-state index >= 15 is 0 Å². The van der Waals surface area contributed by atoms with E-state index in [4.69, 9.17) is 18.9 Å². The number of alkyl halides is 3. The standard InChI is InChI=1S/C28H32F3N5O5/c1-38-25(37)22-10-7-20-15-23(22)40-13-3-2-11-32-12-4-14-39-21-8-5-19(6-9-21)17-33-26-34-24(16-20)35-27(36-26)41-18-28(29,30)31/h5-10,15,32H,2-4,11-14,16-18H2,1H3,(H,33,34,35,36). The van der Waals surface area contributed by atoms with Crippen LogP contribution in [0.3, 0.4) is 0 Å². The quantitative estimate of drug-likeness (QED) is 0.437. The first kappa shape index (κ1) is 29.8. The lowest BCUT2D eigenvalue weighted by Crippen LogP contribution is -2.21. The highest BCUT2D eigenvalue weighted by Gasteiger charge is 2.29. The lowest BCUT2D eigenvalue weighted by atomic mass is 10.1. The molecule has 41 heavy (non-hydrogen) atoms. The molecule has 0 saturated heterocycles. The average Bonchev–Trinajstić information content (AvgIpc) is 2.95. The molecule has 0 aliphatic carbocycles. The van der Waals surface area contributed by atoms with E-state index in [0.717, 1.165) is 43.7 Å². The van der Waals surface area contributed by atoms with Crippen molar-refractivity contribution in [1.82, 2.24) is 20.3 Å². The maximum Gasteiger partial charge on any atom is 0.422 e. The molecule has 0 saturated carbocycles. The van der Waals surface area contributed by atoms with Crippen LogP contribution in [0.25, 0.3) is 0 Å². The zero-order valence-corrected chi connectivity index (χ0v) is 22.6. The van der Waals surface area contributed by atoms with Crippen LogP contribution in [0.4, 0.5) is 19.1 Å². The summed E-state index contributed by atoms with van der Waals surface area (Å²) in [6.45, 7) is 1.34. The summed E-state index contributed by atoms with van der Waals surface area (Å²) < 4.78 is 59.9. The van der Waals surface area contributed by atoms with Crippen LogP contribution in [0.1, 0.15) is 46.6 Å². The van der Waals surface area contributed by atoms with Gasteiger partial charge in [0.1, 0.15) is 22.9 Å². The second kappa shape index (κ2) is 14.5. The average molecular weight is 576 g/mol. The molecule has 220 valence electrons. The van der Waals surface area contributed by atoms with E-state index in [2.05, 4.69) is 25.6 Å². The molecule has 0 fully saturated rings. The van der Waals surface area contributed by atoms with Crippen LogP contribution in [0.5, 0.6) is 17.5 Å². The summed E-state index contributed by atoms with van der Waals surface area (Å²) in [5, 5.41) is 6.41. The number of halogens is 3. The second-order valence-corrected chi connectivity index (χ2v) is 9.27. The van der Waals surface area contributed by atoms with Crippen LogP contribution in [0.2, 0.25) is 0 Å². The normalized spacial score (nSPS) is 15.1. The van der Waals surface area contributed by atoms with Crippen molar-refractivity contribution < 1.29 is 36.9 Å². The third kappa shape index (κ3) is 9.78. The number of nitrogens with zero attached hydrogens (tertiary/aromatic N) is 3. The Morgan fingerprint density at radius 2 is 1.71 bits per heavy atom. The van der Waals surface area contributed by atoms with Gasteiger partial charge in [-0.1, -0.05) is 18.2 Å². The minimum Gasteiger partial charge on any atom is -0.494 e. The Balaban J connectivity index is 1.61. The minimum atomic E-state index is -4.56. The number of nitrogens with one attached hydrogen (secondary N) is 2. The third-order valence-corrected chi connectivity index (χ3v) is 5.99. The summed E-state index contributed by atoms with van der Waals surface area (Å²) in [5.74, 6) is 0.755. The molecule has 2 aliphatic heterocycles. The Morgan fingerprint density at radius 3 is 2.49 bits per heavy atom. The van der Waals surface area contributed by atoms with Crippen molar-refractivity contribution in [2.75, 3.05) is 45.3 Å². The number of anilines is 1. The molecule has 6 bridgehead atoms. The molecule has 5 rings (SSSR count). The monoisotopic (exact) mass is 575 g/mol. The van der Waals surface area contributed by atoms with Gasteiger partial charge in [-0.15, -0.1) is 0 Å². The smallest absolute Gasteiger partial charge is 0.422 e. The first-order chi connectivity index (χ1) is 19.8. The van der Waals surface area contributed by atoms with E-state index in [-0.39, 0.29) is 23.8 Å². The van der Waals surface area contributed by atoms with Gasteiger partial charge in [-0.3, -0.25) is 0 Å². The van der Waals surface area contributed by atoms with Crippen molar-refractivity contribution in [3.8, 4) is 17.5 Å². The molecule has 2 aliphatic rings. The minimum absolute atomic E-state index is 0.0565. The SMILES string of the molecule is COC(=O)c1ccc2cc1OCCCCNCCCOc1ccc(cc1)CNc1nc(nc(OCC(F)(F)F)n1)C2. The molecule has 3 heterocycles. The molecule has 0 atom stereocenters. The van der Waals surface area contributed by atoms with Crippen LogP contribution < -0.4 is 24.8 Å². The first-order valence-electron chi connectivity index (χ1n) is 13.2. The van der Waals surface area contributed by atoms with Gasteiger partial charge in [-0.05, 0) is 67.7 Å². The van der Waals surface area contributed by atoms with Gasteiger partial charge in [-0.2, -0.15) is 28.1 Å². The lowest BCUT2D eigenvalue weighted by molar-refractivity contribution is -0.154. The van der Waals surface area contributed by atoms with Gasteiger partial charge in [0.2, 0.25) is 5.95 Å². The summed E-state index contributed by atoms with van der Waals surface area (Å²) in [5.41, 5.74) is 1.82. The molecule has 0 spiro atoms. The molecule has 0 unspecified atom stereocenters. The van der Waals surface area contributed by atoms with Crippen LogP contribution in [-0.4, -0.2) is 67.1 Å². The zero-order valence-electron chi connectivity index (χ0n) is 22.6. The molecule has 2 N–H and O–H groups in total. The van der Waals surface area contributed by atoms with Crippen LogP contribution in [-0.2, 0) is 17.7 Å². The van der Waals surface area contributed by atoms with Gasteiger partial charge in [0.15, 0.2) is 6.61 Å². The fraction of sp³-hybridized carbons (Fsp3) is 0.429. The van der Waals surface area contributed by atoms with Gasteiger partial charge < -0.3 is 29.6 Å². The van der Waals surface area contributed by atoms with Crippen LogP contribution in [0.15, 0.2) is 42.5 Å². The van der Waals surface area contributed by atoms with E-state index in [0.29, 0.717) is 31.1 Å². The summed E-state index contributed by atoms with van der Waals surface area (Å²) in [6.07, 6.45) is -1.97. The van der Waals surface area contributed by atoms with Gasteiger partial charge in [0, 0.05) is 13.0 Å². The van der Waals surface area contributed by atoms with Crippen LogP contribution >= 0.6 is 0 Å². The Morgan fingerprint density at radius 1 is 0.951 bits per heavy atom. The number of rotatable bonds is 3. The third-order valence-electron chi connectivity index (χ3n) is 5.99. The van der Waals surface area contributed by atoms with E-state index in [1.807, 2.05) is 24.3 Å². The van der Waals surface area contributed by atoms with E-state index in [1.165, 1.54) is 7.11 Å². The molecule has 3 aromatic rings. The van der Waals surface area contributed by atoms with Gasteiger partial charge in [-0.25, -0.2) is 4.79 Å². The highest BCUT2D eigenvalue weighted by Crippen LogP contribution is 2.24. The molecule has 10 nitrogen and oxygen atoms in total. The van der Waals surface area contributed by atoms with Gasteiger partial charge >= 0.3 is 18.2 Å². The summed E-state index contributed by atoms with van der Waals surface area (Å²) >= 11 is 0. The number of hydrogen-bond donors (Lipinski definition) is 2. The molecule has 0 amide bonds. The van der Waals surface area contributed by atoms with Gasteiger partial charge in [0.05, 0.1) is 20.3 Å². The molecular formula is C28H32F3N5O5. The van der Waals surface area contributed by atoms with E-state index in [1.54, 1.807) is 18.2 Å².